The van der Waals surface area contributed by atoms with Crippen molar-refractivity contribution in [3.8, 4) is 16.8 Å². The quantitative estimate of drug-likeness (QED) is 0.189. The van der Waals surface area contributed by atoms with Gasteiger partial charge in [0.15, 0.2) is 5.49 Å². The van der Waals surface area contributed by atoms with Crippen molar-refractivity contribution in [2.45, 2.75) is 0 Å². The lowest BCUT2D eigenvalue weighted by molar-refractivity contribution is 0.244. The molecule has 51 heavy (non-hydrogen) atoms. The maximum absolute atomic E-state index is 13.6. The Balaban J connectivity index is 1.22. The maximum atomic E-state index is 13.6. The van der Waals surface area contributed by atoms with Gasteiger partial charge in [0.1, 0.15) is 0 Å². The van der Waals surface area contributed by atoms with E-state index >= 15 is 0 Å². The number of nitrogens with one attached hydrogen (secondary N) is 1. The van der Waals surface area contributed by atoms with Gasteiger partial charge in [-0.25, -0.2) is 14.0 Å². The first kappa shape index (κ1) is 29.0. The Morgan fingerprint density at radius 1 is 0.471 bits per heavy atom. The Bertz CT molecular complexity index is 3090. The van der Waals surface area contributed by atoms with Gasteiger partial charge in [0.25, 0.3) is 0 Å². The molecule has 3 heterocycles. The second kappa shape index (κ2) is 11.3. The van der Waals surface area contributed by atoms with Gasteiger partial charge >= 0.3 is 6.03 Å². The van der Waals surface area contributed by atoms with Gasteiger partial charge in [0.2, 0.25) is 0 Å². The van der Waals surface area contributed by atoms with Crippen LogP contribution in [0.4, 0.5) is 4.79 Å². The highest BCUT2D eigenvalue weighted by atomic mass is 16.2. The monoisotopic (exact) mass is 657 g/mol. The molecule has 6 heteroatoms. The van der Waals surface area contributed by atoms with E-state index < -0.39 is 0 Å². The molecule has 0 fully saturated rings. The number of nitrogens with zero attached hydrogens (tertiary/aromatic N) is 4. The zero-order chi connectivity index (χ0) is 34.1. The van der Waals surface area contributed by atoms with Crippen molar-refractivity contribution in [2.24, 2.45) is 5.10 Å². The average Bonchev–Trinajstić information content (AvgIpc) is 3.70. The normalized spacial score (nSPS) is 12.2. The number of para-hydroxylation sites is 4. The van der Waals surface area contributed by atoms with Crippen LogP contribution in [0.15, 0.2) is 169 Å². The second-order valence-corrected chi connectivity index (χ2v) is 12.9. The van der Waals surface area contributed by atoms with Crippen molar-refractivity contribution < 1.29 is 4.79 Å². The minimum atomic E-state index is -0.247. The summed E-state index contributed by atoms with van der Waals surface area (Å²) >= 11 is 0. The molecule has 0 spiro atoms. The summed E-state index contributed by atoms with van der Waals surface area (Å²) in [6, 6.07) is 56.8. The molecule has 0 aliphatic carbocycles. The van der Waals surface area contributed by atoms with Crippen LogP contribution in [0, 0.1) is 0 Å². The number of fused-ring (bicyclic) bond motifs is 9. The van der Waals surface area contributed by atoms with Gasteiger partial charge in [-0.1, -0.05) is 109 Å². The van der Waals surface area contributed by atoms with Gasteiger partial charge in [-0.3, -0.25) is 0 Å². The van der Waals surface area contributed by atoms with E-state index in [0.29, 0.717) is 5.49 Å². The summed E-state index contributed by atoms with van der Waals surface area (Å²) < 4.78 is 6.02. The molecule has 242 valence electrons. The van der Waals surface area contributed by atoms with Crippen molar-refractivity contribution >= 4 is 71.3 Å². The Kier molecular flexibility index (Phi) is 6.45. The molecule has 10 rings (SSSR count). The zero-order valence-electron chi connectivity index (χ0n) is 27.8. The van der Waals surface area contributed by atoms with E-state index in [1.54, 1.807) is 11.6 Å². The zero-order valence-corrected chi connectivity index (χ0v) is 27.8. The molecule has 0 atom stereocenters. The number of amides is 1. The summed E-state index contributed by atoms with van der Waals surface area (Å²) in [7, 11) is 1.65. The van der Waals surface area contributed by atoms with Crippen LogP contribution in [-0.2, 0) is 0 Å². The molecule has 1 N–H and O–H groups in total. The molecular weight excluding hydrogens is 627 g/mol. The van der Waals surface area contributed by atoms with Crippen LogP contribution in [-0.4, -0.2) is 26.9 Å². The second-order valence-electron chi connectivity index (χ2n) is 12.9. The summed E-state index contributed by atoms with van der Waals surface area (Å²) in [5.41, 5.74) is 9.06. The van der Waals surface area contributed by atoms with Gasteiger partial charge in [-0.15, -0.1) is 5.10 Å². The molecule has 7 aromatic carbocycles. The Morgan fingerprint density at radius 3 is 1.63 bits per heavy atom. The molecule has 0 saturated carbocycles. The molecule has 10 aromatic rings. The number of rotatable bonds is 3. The van der Waals surface area contributed by atoms with Crippen molar-refractivity contribution in [3.63, 3.8) is 0 Å². The summed E-state index contributed by atoms with van der Waals surface area (Å²) in [4.78, 5) is 13.6. The number of aromatic nitrogens is 3. The van der Waals surface area contributed by atoms with E-state index in [9.17, 15) is 4.79 Å². The number of carbonyl (C=O) groups excluding carboxylic acids is 1. The van der Waals surface area contributed by atoms with Gasteiger partial charge in [0.05, 0.1) is 27.6 Å². The van der Waals surface area contributed by atoms with Crippen molar-refractivity contribution in [1.29, 1.82) is 0 Å². The lowest BCUT2D eigenvalue weighted by atomic mass is 10.0. The number of carbonyl (C=O) groups is 1. The standard InChI is InChI=1S/C45H31N5O/c1-46-45(51)49-40-21-11-7-16-33(40)32-15-5-6-19-36(32)44(49)47-50-42-22-12-9-18-35(42)38-28-30(24-26-43(38)50)29-23-25-41-37(27-29)34-17-8-10-20-39(34)48(41)31-13-3-2-4-14-31/h2-28H,1H3,(H,46,51)/b47-44-. The fraction of sp³-hybridized carbons (Fsp3) is 0.0222. The highest BCUT2D eigenvalue weighted by Gasteiger charge is 2.18. The first-order valence-electron chi connectivity index (χ1n) is 17.1. The largest absolute Gasteiger partial charge is 0.340 e. The predicted molar refractivity (Wildman–Crippen MR) is 209 cm³/mol. The van der Waals surface area contributed by atoms with Crippen LogP contribution in [0.2, 0.25) is 0 Å². The molecular formula is C45H31N5O. The van der Waals surface area contributed by atoms with E-state index in [2.05, 4.69) is 131 Å². The topological polar surface area (TPSA) is 56.2 Å². The molecule has 1 amide bonds. The molecule has 0 aliphatic heterocycles. The fourth-order valence-corrected chi connectivity index (χ4v) is 7.80. The summed E-state index contributed by atoms with van der Waals surface area (Å²) in [6.45, 7) is 0. The fourth-order valence-electron chi connectivity index (χ4n) is 7.80. The number of pyridine rings is 1. The summed E-state index contributed by atoms with van der Waals surface area (Å²) in [6.07, 6.45) is 0. The average molecular weight is 658 g/mol. The Hall–Kier alpha value is -6.92. The third-order valence-corrected chi connectivity index (χ3v) is 10.1. The number of hydrogen-bond acceptors (Lipinski definition) is 2. The molecule has 0 aliphatic rings. The van der Waals surface area contributed by atoms with Gasteiger partial charge < -0.3 is 9.88 Å². The van der Waals surface area contributed by atoms with Gasteiger partial charge in [-0.05, 0) is 71.1 Å². The minimum absolute atomic E-state index is 0.247. The van der Waals surface area contributed by atoms with Crippen LogP contribution in [0.5, 0.6) is 0 Å². The van der Waals surface area contributed by atoms with Crippen LogP contribution >= 0.6 is 0 Å². The first-order chi connectivity index (χ1) is 25.2. The Morgan fingerprint density at radius 2 is 0.941 bits per heavy atom. The van der Waals surface area contributed by atoms with Crippen LogP contribution in [0.1, 0.15) is 0 Å². The molecule has 0 unspecified atom stereocenters. The summed E-state index contributed by atoms with van der Waals surface area (Å²) in [5.74, 6) is 0. The molecule has 0 radical (unpaired) electrons. The van der Waals surface area contributed by atoms with E-state index in [1.807, 2.05) is 47.1 Å². The Labute approximate surface area is 292 Å². The minimum Gasteiger partial charge on any atom is -0.340 e. The molecule has 3 aromatic heterocycles. The molecule has 6 nitrogen and oxygen atoms in total. The first-order valence-corrected chi connectivity index (χ1v) is 17.1. The SMILES string of the molecule is CNC(=O)n1/c(=N\n2c3ccccc3c3cc(-c4ccc5c(c4)c4ccccc4n5-c4ccccc4)ccc32)c2ccccc2c2ccccc21. The number of hydrogen-bond donors (Lipinski definition) is 1. The van der Waals surface area contributed by atoms with Gasteiger partial charge in [-0.2, -0.15) is 0 Å². The van der Waals surface area contributed by atoms with Crippen LogP contribution in [0.25, 0.3) is 82.1 Å². The number of benzene rings is 7. The third kappa shape index (κ3) is 4.36. The molecule has 0 bridgehead atoms. The van der Waals surface area contributed by atoms with E-state index in [-0.39, 0.29) is 6.03 Å². The van der Waals surface area contributed by atoms with Crippen molar-refractivity contribution in [3.05, 3.63) is 169 Å². The third-order valence-electron chi connectivity index (χ3n) is 10.1. The summed E-state index contributed by atoms with van der Waals surface area (Å²) in [5, 5.41) is 15.7. The van der Waals surface area contributed by atoms with Crippen molar-refractivity contribution in [1.82, 2.24) is 19.1 Å². The predicted octanol–water partition coefficient (Wildman–Crippen LogP) is 10.2. The smallest absolute Gasteiger partial charge is 0.327 e. The maximum Gasteiger partial charge on any atom is 0.327 e. The van der Waals surface area contributed by atoms with Gasteiger partial charge in [0, 0.05) is 45.1 Å². The molecule has 0 saturated heterocycles. The highest BCUT2D eigenvalue weighted by Crippen LogP contribution is 2.37. The van der Waals surface area contributed by atoms with Crippen molar-refractivity contribution in [2.75, 3.05) is 7.05 Å². The van der Waals surface area contributed by atoms with Crippen LogP contribution < -0.4 is 10.8 Å². The highest BCUT2D eigenvalue weighted by molar-refractivity contribution is 6.12. The lowest BCUT2D eigenvalue weighted by Crippen LogP contribution is -2.35. The van der Waals surface area contributed by atoms with E-state index in [4.69, 9.17) is 5.10 Å². The van der Waals surface area contributed by atoms with E-state index in [1.165, 1.54) is 21.8 Å². The van der Waals surface area contributed by atoms with E-state index in [0.717, 1.165) is 60.3 Å². The lowest BCUT2D eigenvalue weighted by Gasteiger charge is -2.14. The van der Waals surface area contributed by atoms with Crippen LogP contribution in [0.3, 0.4) is 0 Å².